The lowest BCUT2D eigenvalue weighted by molar-refractivity contribution is -0.132. The Bertz CT molecular complexity index is 440. The molecule has 0 saturated heterocycles. The molecule has 0 aromatic heterocycles. The molecule has 0 saturated carbocycles. The van der Waals surface area contributed by atoms with Crippen molar-refractivity contribution in [3.8, 4) is 5.75 Å². The summed E-state index contributed by atoms with van der Waals surface area (Å²) in [5, 5.41) is 9.61. The van der Waals surface area contributed by atoms with E-state index >= 15 is 0 Å². The van der Waals surface area contributed by atoms with E-state index in [-0.39, 0.29) is 12.5 Å². The number of aliphatic hydroxyl groups excluding tert-OH is 1. The van der Waals surface area contributed by atoms with Crippen LogP contribution in [0.1, 0.15) is 13.3 Å². The van der Waals surface area contributed by atoms with E-state index in [4.69, 9.17) is 21.4 Å². The van der Waals surface area contributed by atoms with Gasteiger partial charge in [0.15, 0.2) is 6.61 Å². The van der Waals surface area contributed by atoms with Crippen LogP contribution < -0.4 is 4.74 Å². The summed E-state index contributed by atoms with van der Waals surface area (Å²) in [6.07, 6.45) is 0.124. The number of ether oxygens (including phenoxy) is 1. The first-order valence-electron chi connectivity index (χ1n) is 5.90. The van der Waals surface area contributed by atoms with Crippen molar-refractivity contribution in [3.63, 3.8) is 0 Å². The van der Waals surface area contributed by atoms with Crippen LogP contribution in [-0.4, -0.2) is 42.2 Å². The quantitative estimate of drug-likeness (QED) is 0.858. The van der Waals surface area contributed by atoms with Crippen molar-refractivity contribution in [1.82, 2.24) is 4.90 Å². The van der Waals surface area contributed by atoms with Gasteiger partial charge >= 0.3 is 0 Å². The Kier molecular flexibility index (Phi) is 6.62. The molecule has 0 aliphatic rings. The van der Waals surface area contributed by atoms with Gasteiger partial charge in [-0.05, 0) is 31.5 Å². The van der Waals surface area contributed by atoms with Gasteiger partial charge in [0.25, 0.3) is 5.91 Å². The second-order valence-electron chi connectivity index (χ2n) is 4.32. The summed E-state index contributed by atoms with van der Waals surface area (Å²) in [7, 11) is 1.68. The zero-order valence-corrected chi connectivity index (χ0v) is 13.2. The number of hydrogen-bond donors (Lipinski definition) is 1. The minimum atomic E-state index is -0.419. The number of carbonyl (C=O) groups is 1. The summed E-state index contributed by atoms with van der Waals surface area (Å²) in [5.74, 6) is 0.321. The average molecular weight is 351 g/mol. The van der Waals surface area contributed by atoms with Crippen molar-refractivity contribution in [2.24, 2.45) is 0 Å². The maximum atomic E-state index is 11.8. The van der Waals surface area contributed by atoms with E-state index in [2.05, 4.69) is 15.9 Å². The van der Waals surface area contributed by atoms with Gasteiger partial charge in [0.2, 0.25) is 0 Å². The fraction of sp³-hybridized carbons (Fsp3) is 0.462. The van der Waals surface area contributed by atoms with E-state index in [0.717, 1.165) is 4.47 Å². The summed E-state index contributed by atoms with van der Waals surface area (Å²) in [6, 6.07) is 5.21. The molecule has 0 aliphatic heterocycles. The lowest BCUT2D eigenvalue weighted by Gasteiger charge is -2.18. The Balaban J connectivity index is 2.45. The molecule has 0 aliphatic carbocycles. The maximum absolute atomic E-state index is 11.8. The Morgan fingerprint density at radius 3 is 2.84 bits per heavy atom. The predicted molar refractivity (Wildman–Crippen MR) is 78.6 cm³/mol. The van der Waals surface area contributed by atoms with Crippen LogP contribution in [0.5, 0.6) is 5.75 Å². The van der Waals surface area contributed by atoms with E-state index in [1.807, 2.05) is 0 Å². The molecule has 1 aromatic carbocycles. The topological polar surface area (TPSA) is 49.8 Å². The molecule has 1 amide bonds. The summed E-state index contributed by atoms with van der Waals surface area (Å²) in [6.45, 7) is 2.11. The smallest absolute Gasteiger partial charge is 0.260 e. The molecule has 0 radical (unpaired) electrons. The Hall–Kier alpha value is -0.780. The fourth-order valence-electron chi connectivity index (χ4n) is 1.35. The lowest BCUT2D eigenvalue weighted by atomic mass is 10.3. The van der Waals surface area contributed by atoms with Crippen molar-refractivity contribution >= 4 is 33.4 Å². The number of halogens is 2. The third kappa shape index (κ3) is 5.80. The van der Waals surface area contributed by atoms with Crippen molar-refractivity contribution in [1.29, 1.82) is 0 Å². The van der Waals surface area contributed by atoms with Crippen LogP contribution in [0, 0.1) is 0 Å². The third-order valence-corrected chi connectivity index (χ3v) is 3.34. The molecular weight excluding hydrogens is 334 g/mol. The van der Waals surface area contributed by atoms with Crippen LogP contribution >= 0.6 is 27.5 Å². The third-order valence-electron chi connectivity index (χ3n) is 2.55. The highest BCUT2D eigenvalue weighted by Gasteiger charge is 2.11. The van der Waals surface area contributed by atoms with Crippen LogP contribution in [0.15, 0.2) is 22.7 Å². The first-order chi connectivity index (χ1) is 8.90. The molecule has 0 fully saturated rings. The summed E-state index contributed by atoms with van der Waals surface area (Å²) in [4.78, 5) is 13.3. The molecule has 1 N–H and O–H groups in total. The van der Waals surface area contributed by atoms with E-state index in [1.54, 1.807) is 32.2 Å². The Morgan fingerprint density at radius 2 is 2.26 bits per heavy atom. The first-order valence-corrected chi connectivity index (χ1v) is 7.07. The van der Waals surface area contributed by atoms with Gasteiger partial charge in [-0.15, -0.1) is 0 Å². The van der Waals surface area contributed by atoms with E-state index in [0.29, 0.717) is 23.7 Å². The monoisotopic (exact) mass is 349 g/mol. The van der Waals surface area contributed by atoms with Crippen LogP contribution in [0.25, 0.3) is 0 Å². The summed E-state index contributed by atoms with van der Waals surface area (Å²) in [5.41, 5.74) is 0. The molecule has 1 aromatic rings. The number of hydrogen-bond acceptors (Lipinski definition) is 3. The van der Waals surface area contributed by atoms with Gasteiger partial charge in [-0.1, -0.05) is 27.5 Å². The van der Waals surface area contributed by atoms with Gasteiger partial charge in [-0.3, -0.25) is 4.79 Å². The summed E-state index contributed by atoms with van der Waals surface area (Å²) >= 11 is 9.28. The normalized spacial score (nSPS) is 12.1. The highest BCUT2D eigenvalue weighted by Crippen LogP contribution is 2.27. The Morgan fingerprint density at radius 1 is 1.58 bits per heavy atom. The van der Waals surface area contributed by atoms with Crippen LogP contribution in [-0.2, 0) is 4.79 Å². The number of nitrogens with zero attached hydrogens (tertiary/aromatic N) is 1. The highest BCUT2D eigenvalue weighted by atomic mass is 79.9. The molecule has 1 rings (SSSR count). The number of rotatable bonds is 6. The standard InChI is InChI=1S/C13H17BrClNO3/c1-9(17)5-6-16(2)13(18)8-19-12-4-3-10(14)7-11(12)15/h3-4,7,9,17H,5-6,8H2,1-2H3. The molecule has 4 nitrogen and oxygen atoms in total. The molecule has 106 valence electrons. The molecule has 0 heterocycles. The lowest BCUT2D eigenvalue weighted by Crippen LogP contribution is -2.33. The first kappa shape index (κ1) is 16.3. The van der Waals surface area contributed by atoms with Crippen molar-refractivity contribution in [2.45, 2.75) is 19.4 Å². The number of amides is 1. The maximum Gasteiger partial charge on any atom is 0.260 e. The van der Waals surface area contributed by atoms with Gasteiger partial charge in [0, 0.05) is 18.1 Å². The molecular formula is C13H17BrClNO3. The van der Waals surface area contributed by atoms with E-state index < -0.39 is 6.10 Å². The number of likely N-dealkylation sites (N-methyl/N-ethyl adjacent to an activating group) is 1. The highest BCUT2D eigenvalue weighted by molar-refractivity contribution is 9.10. The van der Waals surface area contributed by atoms with Gasteiger partial charge in [0.1, 0.15) is 5.75 Å². The molecule has 1 unspecified atom stereocenters. The predicted octanol–water partition coefficient (Wildman–Crippen LogP) is 2.71. The molecule has 1 atom stereocenters. The molecule has 6 heteroatoms. The minimum absolute atomic E-state index is 0.0718. The SMILES string of the molecule is CC(O)CCN(C)C(=O)COc1ccc(Br)cc1Cl. The van der Waals surface area contributed by atoms with Crippen molar-refractivity contribution < 1.29 is 14.6 Å². The number of carbonyl (C=O) groups excluding carboxylic acids is 1. The van der Waals surface area contributed by atoms with Crippen LogP contribution in [0.2, 0.25) is 5.02 Å². The zero-order chi connectivity index (χ0) is 14.4. The minimum Gasteiger partial charge on any atom is -0.482 e. The molecule has 0 bridgehead atoms. The van der Waals surface area contributed by atoms with Gasteiger partial charge < -0.3 is 14.7 Å². The van der Waals surface area contributed by atoms with Gasteiger partial charge in [-0.2, -0.15) is 0 Å². The van der Waals surface area contributed by atoms with Gasteiger partial charge in [-0.25, -0.2) is 0 Å². The molecule has 0 spiro atoms. The number of benzene rings is 1. The molecule has 19 heavy (non-hydrogen) atoms. The van der Waals surface area contributed by atoms with Gasteiger partial charge in [0.05, 0.1) is 11.1 Å². The second-order valence-corrected chi connectivity index (χ2v) is 5.64. The van der Waals surface area contributed by atoms with E-state index in [1.165, 1.54) is 4.90 Å². The Labute approximate surface area is 126 Å². The second kappa shape index (κ2) is 7.72. The summed E-state index contributed by atoms with van der Waals surface area (Å²) < 4.78 is 6.23. The largest absolute Gasteiger partial charge is 0.482 e. The van der Waals surface area contributed by atoms with E-state index in [9.17, 15) is 4.79 Å². The zero-order valence-electron chi connectivity index (χ0n) is 10.9. The van der Waals surface area contributed by atoms with Crippen LogP contribution in [0.3, 0.4) is 0 Å². The van der Waals surface area contributed by atoms with Crippen molar-refractivity contribution in [2.75, 3.05) is 20.2 Å². The fourth-order valence-corrected chi connectivity index (χ4v) is 2.08. The average Bonchev–Trinajstić information content (AvgIpc) is 2.34. The number of aliphatic hydroxyl groups is 1. The van der Waals surface area contributed by atoms with Crippen LogP contribution in [0.4, 0.5) is 0 Å². The van der Waals surface area contributed by atoms with Crippen molar-refractivity contribution in [3.05, 3.63) is 27.7 Å².